The van der Waals surface area contributed by atoms with Crippen molar-refractivity contribution in [2.75, 3.05) is 5.32 Å². The van der Waals surface area contributed by atoms with Crippen LogP contribution in [0, 0.1) is 29.0 Å². The van der Waals surface area contributed by atoms with E-state index in [0.717, 1.165) is 30.6 Å². The predicted octanol–water partition coefficient (Wildman–Crippen LogP) is 10.0. The van der Waals surface area contributed by atoms with Gasteiger partial charge in [-0.3, -0.25) is 4.79 Å². The molecule has 4 atom stereocenters. The molecule has 1 saturated carbocycles. The quantitative estimate of drug-likeness (QED) is 0.133. The first-order valence-corrected chi connectivity index (χ1v) is 14.3. The molecular formula is C35H42F3NO2. The molecule has 0 spiro atoms. The Kier molecular flexibility index (Phi) is 10.8. The number of halogens is 3. The number of alkyl halides is 2. The Labute approximate surface area is 242 Å². The van der Waals surface area contributed by atoms with Crippen LogP contribution in [-0.4, -0.2) is 12.4 Å². The van der Waals surface area contributed by atoms with Crippen molar-refractivity contribution in [3.8, 4) is 5.75 Å². The maximum atomic E-state index is 15.4. The molecule has 220 valence electrons. The number of allylic oxidation sites excluding steroid dienone is 6. The number of carbonyl (C=O) groups is 1. The zero-order valence-electron chi connectivity index (χ0n) is 24.8. The lowest BCUT2D eigenvalue weighted by atomic mass is 9.79. The third-order valence-corrected chi connectivity index (χ3v) is 8.63. The van der Waals surface area contributed by atoms with E-state index in [2.05, 4.69) is 39.2 Å². The van der Waals surface area contributed by atoms with E-state index in [9.17, 15) is 13.6 Å². The summed E-state index contributed by atoms with van der Waals surface area (Å²) in [4.78, 5) is 11.9. The molecule has 3 rings (SSSR count). The van der Waals surface area contributed by atoms with Crippen LogP contribution in [0.25, 0.3) is 5.57 Å². The summed E-state index contributed by atoms with van der Waals surface area (Å²) < 4.78 is 46.5. The topological polar surface area (TPSA) is 38.3 Å². The summed E-state index contributed by atoms with van der Waals surface area (Å²) in [7, 11) is 0. The van der Waals surface area contributed by atoms with Crippen molar-refractivity contribution in [1.29, 1.82) is 0 Å². The van der Waals surface area contributed by atoms with Crippen LogP contribution in [0.2, 0.25) is 0 Å². The van der Waals surface area contributed by atoms with Gasteiger partial charge in [0.05, 0.1) is 5.56 Å². The number of hydrogen-bond donors (Lipinski definition) is 1. The van der Waals surface area contributed by atoms with E-state index in [1.54, 1.807) is 31.2 Å². The molecule has 0 amide bonds. The standard InChI is InChI=1S/C35H42F3NO2/c1-8-25(32-31(41-34(37)38)19-16-26(9-2)33(32)36)13-12-22(5)29(21-35(11-4)20-23(35)6)24(7)39-28-17-14-27(15-18-28)30(40)10-3/h8,10,12-19,22-23,29,34,39H,3,7,9,11,20-21H2,1-2,4-6H3/b13-12-,25-8+. The van der Waals surface area contributed by atoms with Gasteiger partial charge in [0, 0.05) is 22.9 Å². The van der Waals surface area contributed by atoms with Crippen LogP contribution in [0.1, 0.15) is 75.4 Å². The van der Waals surface area contributed by atoms with Gasteiger partial charge < -0.3 is 10.1 Å². The van der Waals surface area contributed by atoms with Crippen LogP contribution >= 0.6 is 0 Å². The van der Waals surface area contributed by atoms with Gasteiger partial charge in [-0.1, -0.05) is 71.6 Å². The summed E-state index contributed by atoms with van der Waals surface area (Å²) in [5, 5.41) is 3.44. The second kappa shape index (κ2) is 13.9. The Morgan fingerprint density at radius 2 is 1.85 bits per heavy atom. The Hall–Kier alpha value is -3.54. The molecule has 0 aliphatic heterocycles. The van der Waals surface area contributed by atoms with Gasteiger partial charge in [-0.2, -0.15) is 8.78 Å². The highest BCUT2D eigenvalue weighted by Gasteiger charge is 2.50. The van der Waals surface area contributed by atoms with Gasteiger partial charge >= 0.3 is 6.61 Å². The van der Waals surface area contributed by atoms with E-state index >= 15 is 4.39 Å². The highest BCUT2D eigenvalue weighted by molar-refractivity contribution is 6.04. The fourth-order valence-corrected chi connectivity index (χ4v) is 5.70. The third-order valence-electron chi connectivity index (χ3n) is 8.63. The first kappa shape index (κ1) is 32.0. The Balaban J connectivity index is 1.91. The number of nitrogens with one attached hydrogen (secondary N) is 1. The number of aryl methyl sites for hydroxylation is 1. The summed E-state index contributed by atoms with van der Waals surface area (Å²) in [5.41, 5.74) is 3.43. The van der Waals surface area contributed by atoms with Gasteiger partial charge in [-0.05, 0) is 91.0 Å². The van der Waals surface area contributed by atoms with Gasteiger partial charge in [-0.25, -0.2) is 4.39 Å². The van der Waals surface area contributed by atoms with Crippen molar-refractivity contribution in [1.82, 2.24) is 0 Å². The van der Waals surface area contributed by atoms with Gasteiger partial charge in [0.2, 0.25) is 0 Å². The lowest BCUT2D eigenvalue weighted by molar-refractivity contribution is -0.0502. The molecule has 0 bridgehead atoms. The summed E-state index contributed by atoms with van der Waals surface area (Å²) >= 11 is 0. The number of benzene rings is 2. The molecule has 6 heteroatoms. The van der Waals surface area contributed by atoms with Crippen LogP contribution in [0.5, 0.6) is 5.75 Å². The molecule has 0 heterocycles. The SMILES string of the molecule is C=CC(=O)c1ccc(NC(=C)C(CC2(CC)CC2C)C(C)/C=C\C(=C/C)c2c(OC(F)F)ccc(CC)c2F)cc1. The van der Waals surface area contributed by atoms with Crippen molar-refractivity contribution < 1.29 is 22.7 Å². The molecule has 1 fully saturated rings. The van der Waals surface area contributed by atoms with Crippen molar-refractivity contribution in [3.05, 3.63) is 102 Å². The smallest absolute Gasteiger partial charge is 0.387 e. The number of ether oxygens (including phenoxy) is 1. The van der Waals surface area contributed by atoms with E-state index in [1.807, 2.05) is 25.1 Å². The molecular weight excluding hydrogens is 523 g/mol. The Morgan fingerprint density at radius 1 is 1.20 bits per heavy atom. The van der Waals surface area contributed by atoms with Crippen LogP contribution in [0.4, 0.5) is 18.9 Å². The lowest BCUT2D eigenvalue weighted by Gasteiger charge is -2.29. The second-order valence-electron chi connectivity index (χ2n) is 11.0. The minimum atomic E-state index is -3.06. The van der Waals surface area contributed by atoms with Gasteiger partial charge in [0.25, 0.3) is 0 Å². The zero-order valence-corrected chi connectivity index (χ0v) is 24.8. The fraction of sp³-hybridized carbons (Fsp3) is 0.400. The summed E-state index contributed by atoms with van der Waals surface area (Å²) in [5.74, 6) is -0.199. The molecule has 41 heavy (non-hydrogen) atoms. The minimum absolute atomic E-state index is 0.000298. The molecule has 0 radical (unpaired) electrons. The van der Waals surface area contributed by atoms with Crippen molar-refractivity contribution in [3.63, 3.8) is 0 Å². The number of carbonyl (C=O) groups excluding carboxylic acids is 1. The maximum absolute atomic E-state index is 15.4. The van der Waals surface area contributed by atoms with E-state index < -0.39 is 12.4 Å². The van der Waals surface area contributed by atoms with Gasteiger partial charge in [0.15, 0.2) is 5.78 Å². The molecule has 3 nitrogen and oxygen atoms in total. The van der Waals surface area contributed by atoms with Crippen LogP contribution < -0.4 is 10.1 Å². The minimum Gasteiger partial charge on any atom is -0.434 e. The largest absolute Gasteiger partial charge is 0.434 e. The van der Waals surface area contributed by atoms with E-state index in [1.165, 1.54) is 18.2 Å². The molecule has 4 unspecified atom stereocenters. The summed E-state index contributed by atoms with van der Waals surface area (Å²) in [6.07, 6.45) is 10.4. The molecule has 0 aromatic heterocycles. The lowest BCUT2D eigenvalue weighted by Crippen LogP contribution is -2.22. The molecule has 1 aliphatic carbocycles. The van der Waals surface area contributed by atoms with Gasteiger partial charge in [-0.15, -0.1) is 0 Å². The van der Waals surface area contributed by atoms with Crippen molar-refractivity contribution in [2.45, 2.75) is 66.9 Å². The number of anilines is 1. The maximum Gasteiger partial charge on any atom is 0.387 e. The average molecular weight is 566 g/mol. The Morgan fingerprint density at radius 3 is 2.37 bits per heavy atom. The van der Waals surface area contributed by atoms with Crippen LogP contribution in [-0.2, 0) is 6.42 Å². The highest BCUT2D eigenvalue weighted by Crippen LogP contribution is 2.60. The third kappa shape index (κ3) is 7.60. The first-order valence-electron chi connectivity index (χ1n) is 14.3. The fourth-order valence-electron chi connectivity index (χ4n) is 5.70. The van der Waals surface area contributed by atoms with Crippen LogP contribution in [0.15, 0.2) is 79.6 Å². The summed E-state index contributed by atoms with van der Waals surface area (Å²) in [6.45, 7) is 15.0. The highest BCUT2D eigenvalue weighted by atomic mass is 19.3. The number of ketones is 1. The number of hydrogen-bond acceptors (Lipinski definition) is 3. The van der Waals surface area contributed by atoms with E-state index in [4.69, 9.17) is 4.74 Å². The van der Waals surface area contributed by atoms with E-state index in [0.29, 0.717) is 29.0 Å². The monoisotopic (exact) mass is 565 g/mol. The Bertz CT molecular complexity index is 1310. The molecule has 1 aliphatic rings. The number of rotatable bonds is 15. The normalized spacial score (nSPS) is 20.1. The van der Waals surface area contributed by atoms with Gasteiger partial charge in [0.1, 0.15) is 11.6 Å². The zero-order chi connectivity index (χ0) is 30.3. The van der Waals surface area contributed by atoms with Crippen molar-refractivity contribution >= 4 is 17.0 Å². The summed E-state index contributed by atoms with van der Waals surface area (Å²) in [6, 6.07) is 10.1. The molecule has 2 aromatic carbocycles. The first-order chi connectivity index (χ1) is 19.5. The molecule has 0 saturated heterocycles. The molecule has 2 aromatic rings. The van der Waals surface area contributed by atoms with Crippen LogP contribution in [0.3, 0.4) is 0 Å². The predicted molar refractivity (Wildman–Crippen MR) is 163 cm³/mol. The second-order valence-corrected chi connectivity index (χ2v) is 11.0. The van der Waals surface area contributed by atoms with Crippen molar-refractivity contribution in [2.24, 2.45) is 23.2 Å². The average Bonchev–Trinajstić information content (AvgIpc) is 3.61. The molecule has 1 N–H and O–H groups in total. The van der Waals surface area contributed by atoms with E-state index in [-0.39, 0.29) is 34.3 Å².